The summed E-state index contributed by atoms with van der Waals surface area (Å²) in [6, 6.07) is 21.4. The van der Waals surface area contributed by atoms with Crippen LogP contribution in [0.1, 0.15) is 64.4 Å². The number of hydrogen-bond acceptors (Lipinski definition) is 3. The number of rotatable bonds is 5. The topological polar surface area (TPSA) is 67.5 Å². The van der Waals surface area contributed by atoms with E-state index in [0.29, 0.717) is 30.3 Å². The van der Waals surface area contributed by atoms with Crippen molar-refractivity contribution in [2.24, 2.45) is 17.8 Å². The average Bonchev–Trinajstić information content (AvgIpc) is 3.23. The third-order valence-corrected chi connectivity index (χ3v) is 10.9. The highest BCUT2D eigenvalue weighted by atomic mass is 16.3. The molecule has 4 aliphatic rings. The van der Waals surface area contributed by atoms with Gasteiger partial charge < -0.3 is 19.2 Å². The van der Waals surface area contributed by atoms with Gasteiger partial charge in [0.25, 0.3) is 11.8 Å². The summed E-state index contributed by atoms with van der Waals surface area (Å²) in [5.41, 5.74) is 9.00. The van der Waals surface area contributed by atoms with Crippen LogP contribution in [0.2, 0.25) is 0 Å². The predicted octanol–water partition coefficient (Wildman–Crippen LogP) is 7.55. The number of furan rings is 1. The van der Waals surface area contributed by atoms with Gasteiger partial charge in [-0.25, -0.2) is 0 Å². The Hall–Kier alpha value is -4.32. The van der Waals surface area contributed by atoms with Crippen LogP contribution in [0, 0.1) is 24.7 Å². The van der Waals surface area contributed by atoms with E-state index in [0.717, 1.165) is 75.3 Å². The van der Waals surface area contributed by atoms with Gasteiger partial charge >= 0.3 is 0 Å². The van der Waals surface area contributed by atoms with Crippen LogP contribution in [0.3, 0.4) is 0 Å². The van der Waals surface area contributed by atoms with Crippen LogP contribution in [-0.2, 0) is 13.1 Å². The normalized spacial score (nSPS) is 22.6. The Kier molecular flexibility index (Phi) is 5.33. The summed E-state index contributed by atoms with van der Waals surface area (Å²) >= 11 is 0. The zero-order valence-electron chi connectivity index (χ0n) is 24.7. The molecule has 6 nitrogen and oxygen atoms in total. The van der Waals surface area contributed by atoms with Crippen molar-refractivity contribution in [1.82, 2.24) is 14.8 Å². The molecular formula is C37H35N3O3. The number of hydrogen-bond donors (Lipinski definition) is 1. The van der Waals surface area contributed by atoms with Gasteiger partial charge in [-0.05, 0) is 103 Å². The second-order valence-corrected chi connectivity index (χ2v) is 13.4. The van der Waals surface area contributed by atoms with Crippen LogP contribution in [-0.4, -0.2) is 33.9 Å². The van der Waals surface area contributed by atoms with Crippen molar-refractivity contribution in [3.05, 3.63) is 82.9 Å². The Labute approximate surface area is 250 Å². The van der Waals surface area contributed by atoms with Crippen molar-refractivity contribution in [1.29, 1.82) is 0 Å². The number of fused-ring (bicyclic) bond motifs is 5. The van der Waals surface area contributed by atoms with Crippen molar-refractivity contribution < 1.29 is 14.0 Å². The number of nitrogens with one attached hydrogen (secondary N) is 1. The lowest BCUT2D eigenvalue weighted by molar-refractivity contribution is 0.0696. The summed E-state index contributed by atoms with van der Waals surface area (Å²) in [5, 5.41) is 5.18. The smallest absolute Gasteiger partial charge is 0.254 e. The van der Waals surface area contributed by atoms with Crippen molar-refractivity contribution in [2.45, 2.75) is 58.7 Å². The van der Waals surface area contributed by atoms with Gasteiger partial charge in [0.1, 0.15) is 5.58 Å². The standard InChI is InChI=1S/C37H35N3O3/c1-20-27-9-12-31(20)40(19-27)37(42)26-8-10-29-21(2)35(43-34(29)16-26)33-15-25-6-5-24(14-32(25)39(33)18-22-3-4-22)23-7-11-30-28(13-23)17-38-36(30)41/h5-8,10-11,13-16,20,22,27,31H,3-4,9,12,17-19H2,1-2H3,(H,38,41)/t20-,27?,31?/m1/s1. The van der Waals surface area contributed by atoms with E-state index in [4.69, 9.17) is 4.42 Å². The van der Waals surface area contributed by atoms with Crippen molar-refractivity contribution in [2.75, 3.05) is 6.54 Å². The SMILES string of the molecule is Cc1c(-c2cc3ccc(-c4ccc5c(c4)CNC5=O)cc3n2CC2CC2)oc2cc(C(=O)N3CC4CCC3[C@@H]4C)ccc12. The van der Waals surface area contributed by atoms with Crippen LogP contribution >= 0.6 is 0 Å². The van der Waals surface area contributed by atoms with Crippen LogP contribution in [0.15, 0.2) is 65.1 Å². The maximum atomic E-state index is 13.6. The highest BCUT2D eigenvalue weighted by molar-refractivity contribution is 6.01. The van der Waals surface area contributed by atoms with Gasteiger partial charge in [-0.1, -0.05) is 31.2 Å². The molecule has 2 saturated carbocycles. The van der Waals surface area contributed by atoms with Crippen LogP contribution in [0.4, 0.5) is 0 Å². The lowest BCUT2D eigenvalue weighted by Crippen LogP contribution is -2.38. The fraction of sp³-hybridized carbons (Fsp3) is 0.351. The van der Waals surface area contributed by atoms with Crippen LogP contribution in [0.25, 0.3) is 44.5 Å². The Bertz CT molecular complexity index is 1990. The molecule has 0 spiro atoms. The second-order valence-electron chi connectivity index (χ2n) is 13.4. The molecule has 2 unspecified atom stereocenters. The molecule has 5 aromatic rings. The number of piperidine rings is 1. The van der Waals surface area contributed by atoms with E-state index in [1.807, 2.05) is 18.2 Å². The van der Waals surface area contributed by atoms with Gasteiger partial charge in [-0.2, -0.15) is 0 Å². The van der Waals surface area contributed by atoms with E-state index >= 15 is 0 Å². The summed E-state index contributed by atoms with van der Waals surface area (Å²) in [7, 11) is 0. The highest BCUT2D eigenvalue weighted by Gasteiger charge is 2.46. The molecule has 2 aliphatic heterocycles. The fourth-order valence-corrected chi connectivity index (χ4v) is 8.10. The Morgan fingerprint density at radius 2 is 1.81 bits per heavy atom. The number of aromatic nitrogens is 1. The summed E-state index contributed by atoms with van der Waals surface area (Å²) < 4.78 is 9.08. The van der Waals surface area contributed by atoms with Gasteiger partial charge in [-0.3, -0.25) is 9.59 Å². The molecule has 6 heteroatoms. The third kappa shape index (κ3) is 3.85. The van der Waals surface area contributed by atoms with Gasteiger partial charge in [0.2, 0.25) is 0 Å². The Balaban J connectivity index is 1.11. The lowest BCUT2D eigenvalue weighted by atomic mass is 9.99. The Morgan fingerprint density at radius 3 is 2.60 bits per heavy atom. The van der Waals surface area contributed by atoms with E-state index in [9.17, 15) is 9.59 Å². The molecule has 1 N–H and O–H groups in total. The maximum absolute atomic E-state index is 13.6. The monoisotopic (exact) mass is 569 g/mol. The number of nitrogens with zero attached hydrogens (tertiary/aromatic N) is 2. The molecule has 2 bridgehead atoms. The van der Waals surface area contributed by atoms with Crippen LogP contribution < -0.4 is 5.32 Å². The average molecular weight is 570 g/mol. The van der Waals surface area contributed by atoms with E-state index in [1.165, 1.54) is 30.2 Å². The van der Waals surface area contributed by atoms with Crippen LogP contribution in [0.5, 0.6) is 0 Å². The molecule has 9 rings (SSSR count). The number of carbonyl (C=O) groups is 2. The zero-order valence-corrected chi connectivity index (χ0v) is 24.7. The first kappa shape index (κ1) is 25.2. The minimum atomic E-state index is 0.00953. The molecule has 4 heterocycles. The minimum absolute atomic E-state index is 0.00953. The van der Waals surface area contributed by atoms with Crippen molar-refractivity contribution in [3.8, 4) is 22.6 Å². The Morgan fingerprint density at radius 1 is 0.977 bits per heavy atom. The van der Waals surface area contributed by atoms with Crippen molar-refractivity contribution in [3.63, 3.8) is 0 Å². The largest absolute Gasteiger partial charge is 0.454 e. The molecule has 3 atom stereocenters. The fourth-order valence-electron chi connectivity index (χ4n) is 8.10. The van der Waals surface area contributed by atoms with E-state index in [1.54, 1.807) is 0 Å². The van der Waals surface area contributed by atoms with E-state index in [-0.39, 0.29) is 11.8 Å². The number of likely N-dealkylation sites (tertiary alicyclic amines) is 1. The lowest BCUT2D eigenvalue weighted by Gasteiger charge is -2.27. The summed E-state index contributed by atoms with van der Waals surface area (Å²) in [5.74, 6) is 2.96. The molecule has 2 aromatic heterocycles. The molecule has 0 radical (unpaired) electrons. The van der Waals surface area contributed by atoms with E-state index < -0.39 is 0 Å². The first-order chi connectivity index (χ1) is 20.9. The van der Waals surface area contributed by atoms with E-state index in [2.05, 4.69) is 71.1 Å². The number of aryl methyl sites for hydroxylation is 1. The first-order valence-electron chi connectivity index (χ1n) is 15.8. The molecular weight excluding hydrogens is 534 g/mol. The summed E-state index contributed by atoms with van der Waals surface area (Å²) in [6.45, 7) is 6.86. The van der Waals surface area contributed by atoms with Gasteiger partial charge in [0.05, 0.1) is 5.69 Å². The number of benzene rings is 3. The zero-order chi connectivity index (χ0) is 29.0. The second kappa shape index (κ2) is 9.09. The molecule has 3 aromatic carbocycles. The maximum Gasteiger partial charge on any atom is 0.254 e. The molecule has 43 heavy (non-hydrogen) atoms. The molecule has 2 amide bonds. The first-order valence-corrected chi connectivity index (χ1v) is 15.8. The number of amides is 2. The number of carbonyl (C=O) groups excluding carboxylic acids is 2. The molecule has 3 fully saturated rings. The summed E-state index contributed by atoms with van der Waals surface area (Å²) in [6.07, 6.45) is 4.89. The highest BCUT2D eigenvalue weighted by Crippen LogP contribution is 2.44. The van der Waals surface area contributed by atoms with Crippen molar-refractivity contribution >= 4 is 33.7 Å². The third-order valence-electron chi connectivity index (χ3n) is 10.9. The molecule has 216 valence electrons. The summed E-state index contributed by atoms with van der Waals surface area (Å²) in [4.78, 5) is 27.8. The van der Waals surface area contributed by atoms with Gasteiger partial charge in [0, 0.05) is 58.7 Å². The van der Waals surface area contributed by atoms with Gasteiger partial charge in [0.15, 0.2) is 5.76 Å². The molecule has 2 aliphatic carbocycles. The molecule has 1 saturated heterocycles. The predicted molar refractivity (Wildman–Crippen MR) is 168 cm³/mol. The van der Waals surface area contributed by atoms with Gasteiger partial charge in [-0.15, -0.1) is 0 Å². The quantitative estimate of drug-likeness (QED) is 0.238. The minimum Gasteiger partial charge on any atom is -0.454 e.